The van der Waals surface area contributed by atoms with E-state index < -0.39 is 9.84 Å². The maximum atomic E-state index is 12.5. The van der Waals surface area contributed by atoms with E-state index in [0.29, 0.717) is 16.7 Å². The van der Waals surface area contributed by atoms with Crippen molar-refractivity contribution in [2.24, 2.45) is 17.6 Å². The van der Waals surface area contributed by atoms with Crippen LogP contribution in [-0.2, 0) is 21.1 Å². The number of fused-ring (bicyclic) bond motifs is 2. The molecule has 2 aliphatic carbocycles. The first kappa shape index (κ1) is 21.2. The van der Waals surface area contributed by atoms with E-state index >= 15 is 0 Å². The molecule has 1 amide bonds. The van der Waals surface area contributed by atoms with Gasteiger partial charge in [-0.2, -0.15) is 0 Å². The lowest BCUT2D eigenvalue weighted by atomic mass is 9.67. The molecule has 2 fully saturated rings. The molecule has 0 heterocycles. The zero-order valence-electron chi connectivity index (χ0n) is 15.2. The second-order valence-corrected chi connectivity index (χ2v) is 9.78. The van der Waals surface area contributed by atoms with E-state index in [4.69, 9.17) is 5.73 Å². The number of nitrogens with one attached hydrogen (secondary N) is 1. The van der Waals surface area contributed by atoms with Gasteiger partial charge in [-0.25, -0.2) is 8.42 Å². The SMILES string of the molecule is CCS(=O)(=O)c1ccc(CC(=O)NC2C3CCCC2CC(N)C3)cc1.Cl. The van der Waals surface area contributed by atoms with Crippen LogP contribution in [0.2, 0.25) is 0 Å². The molecule has 0 saturated heterocycles. The summed E-state index contributed by atoms with van der Waals surface area (Å²) in [6, 6.07) is 7.18. The van der Waals surface area contributed by atoms with Gasteiger partial charge in [-0.05, 0) is 55.2 Å². The van der Waals surface area contributed by atoms with E-state index in [-0.39, 0.29) is 42.6 Å². The number of carbonyl (C=O) groups excluding carboxylic acids is 1. The molecule has 26 heavy (non-hydrogen) atoms. The van der Waals surface area contributed by atoms with Crippen molar-refractivity contribution >= 4 is 28.2 Å². The highest BCUT2D eigenvalue weighted by atomic mass is 35.5. The lowest BCUT2D eigenvalue weighted by Crippen LogP contribution is -2.54. The molecule has 0 aliphatic heterocycles. The minimum absolute atomic E-state index is 0. The van der Waals surface area contributed by atoms with Crippen molar-refractivity contribution in [2.45, 2.75) is 62.4 Å². The largest absolute Gasteiger partial charge is 0.353 e. The molecule has 5 nitrogen and oxygen atoms in total. The quantitative estimate of drug-likeness (QED) is 0.794. The molecule has 3 rings (SSSR count). The fourth-order valence-corrected chi connectivity index (χ4v) is 5.31. The monoisotopic (exact) mass is 400 g/mol. The number of nitrogens with two attached hydrogens (primary N) is 1. The molecule has 146 valence electrons. The Morgan fingerprint density at radius 3 is 2.27 bits per heavy atom. The molecule has 1 aromatic carbocycles. The molecule has 2 atom stereocenters. The van der Waals surface area contributed by atoms with Gasteiger partial charge in [0.25, 0.3) is 0 Å². The summed E-state index contributed by atoms with van der Waals surface area (Å²) in [6.07, 6.45) is 5.84. The molecule has 2 bridgehead atoms. The van der Waals surface area contributed by atoms with Crippen molar-refractivity contribution in [2.75, 3.05) is 5.75 Å². The third kappa shape index (κ3) is 4.78. The zero-order chi connectivity index (χ0) is 18.0. The van der Waals surface area contributed by atoms with Crippen LogP contribution in [-0.4, -0.2) is 32.2 Å². The number of halogens is 1. The first-order valence-corrected chi connectivity index (χ1v) is 10.9. The summed E-state index contributed by atoms with van der Waals surface area (Å²) < 4.78 is 23.7. The average molecular weight is 401 g/mol. The van der Waals surface area contributed by atoms with Gasteiger partial charge in [0.15, 0.2) is 9.84 Å². The van der Waals surface area contributed by atoms with Crippen LogP contribution in [0, 0.1) is 11.8 Å². The standard InChI is InChI=1S/C19H28N2O3S.ClH/c1-2-25(23,24)17-8-6-13(7-9-17)10-18(22)21-19-14-4-3-5-15(19)12-16(20)11-14;/h6-9,14-16,19H,2-5,10-12,20H2,1H3,(H,21,22);1H. The number of benzene rings is 1. The third-order valence-electron chi connectivity index (χ3n) is 5.73. The predicted molar refractivity (Wildman–Crippen MR) is 105 cm³/mol. The topological polar surface area (TPSA) is 89.3 Å². The van der Waals surface area contributed by atoms with E-state index in [9.17, 15) is 13.2 Å². The molecule has 0 radical (unpaired) electrons. The third-order valence-corrected chi connectivity index (χ3v) is 7.48. The number of sulfone groups is 1. The van der Waals surface area contributed by atoms with Crippen LogP contribution in [0.3, 0.4) is 0 Å². The summed E-state index contributed by atoms with van der Waals surface area (Å²) >= 11 is 0. The van der Waals surface area contributed by atoms with Crippen molar-refractivity contribution in [1.29, 1.82) is 0 Å². The number of rotatable bonds is 5. The van der Waals surface area contributed by atoms with Crippen LogP contribution < -0.4 is 11.1 Å². The Morgan fingerprint density at radius 1 is 1.15 bits per heavy atom. The van der Waals surface area contributed by atoms with E-state index in [2.05, 4.69) is 5.32 Å². The van der Waals surface area contributed by atoms with Crippen LogP contribution >= 0.6 is 12.4 Å². The highest BCUT2D eigenvalue weighted by Gasteiger charge is 2.39. The minimum Gasteiger partial charge on any atom is -0.353 e. The molecular formula is C19H29ClN2O3S. The molecule has 1 aromatic rings. The van der Waals surface area contributed by atoms with Gasteiger partial charge in [0, 0.05) is 12.1 Å². The van der Waals surface area contributed by atoms with E-state index in [0.717, 1.165) is 31.2 Å². The molecular weight excluding hydrogens is 372 g/mol. The van der Waals surface area contributed by atoms with Gasteiger partial charge in [-0.3, -0.25) is 4.79 Å². The van der Waals surface area contributed by atoms with Crippen LogP contribution in [0.1, 0.15) is 44.6 Å². The first-order chi connectivity index (χ1) is 11.9. The number of amides is 1. The smallest absolute Gasteiger partial charge is 0.224 e. The lowest BCUT2D eigenvalue weighted by Gasteiger charge is -2.45. The highest BCUT2D eigenvalue weighted by molar-refractivity contribution is 7.91. The summed E-state index contributed by atoms with van der Waals surface area (Å²) in [5, 5.41) is 3.23. The Hall–Kier alpha value is -1.11. The van der Waals surface area contributed by atoms with Crippen molar-refractivity contribution in [1.82, 2.24) is 5.32 Å². The van der Waals surface area contributed by atoms with Gasteiger partial charge in [0.05, 0.1) is 17.1 Å². The summed E-state index contributed by atoms with van der Waals surface area (Å²) in [4.78, 5) is 12.8. The van der Waals surface area contributed by atoms with Crippen molar-refractivity contribution in [3.8, 4) is 0 Å². The van der Waals surface area contributed by atoms with Crippen LogP contribution in [0.5, 0.6) is 0 Å². The second kappa shape index (κ2) is 8.72. The Bertz CT molecular complexity index is 707. The molecule has 0 aromatic heterocycles. The maximum Gasteiger partial charge on any atom is 0.224 e. The summed E-state index contributed by atoms with van der Waals surface area (Å²) in [7, 11) is -3.19. The number of carbonyl (C=O) groups is 1. The van der Waals surface area contributed by atoms with Crippen LogP contribution in [0.25, 0.3) is 0 Å². The van der Waals surface area contributed by atoms with Crippen molar-refractivity contribution in [3.05, 3.63) is 29.8 Å². The molecule has 7 heteroatoms. The molecule has 2 unspecified atom stereocenters. The second-order valence-electron chi connectivity index (χ2n) is 7.50. The molecule has 2 aliphatic rings. The summed E-state index contributed by atoms with van der Waals surface area (Å²) in [5.41, 5.74) is 6.98. The van der Waals surface area contributed by atoms with Crippen molar-refractivity contribution in [3.63, 3.8) is 0 Å². The van der Waals surface area contributed by atoms with Gasteiger partial charge in [0.1, 0.15) is 0 Å². The molecule has 0 spiro atoms. The Balaban J connectivity index is 0.00000243. The van der Waals surface area contributed by atoms with E-state index in [1.807, 2.05) is 0 Å². The summed E-state index contributed by atoms with van der Waals surface area (Å²) in [6.45, 7) is 1.63. The van der Waals surface area contributed by atoms with Gasteiger partial charge < -0.3 is 11.1 Å². The van der Waals surface area contributed by atoms with E-state index in [1.165, 1.54) is 6.42 Å². The normalized spacial score (nSPS) is 28.1. The fourth-order valence-electron chi connectivity index (χ4n) is 4.43. The van der Waals surface area contributed by atoms with Gasteiger partial charge in [-0.1, -0.05) is 25.5 Å². The first-order valence-electron chi connectivity index (χ1n) is 9.25. The highest BCUT2D eigenvalue weighted by Crippen LogP contribution is 2.39. The van der Waals surface area contributed by atoms with Crippen molar-refractivity contribution < 1.29 is 13.2 Å². The minimum atomic E-state index is -3.19. The Labute approximate surface area is 162 Å². The molecule has 2 saturated carbocycles. The fraction of sp³-hybridized carbons (Fsp3) is 0.632. The Kier molecular flexibility index (Phi) is 7.11. The molecule has 3 N–H and O–H groups in total. The number of hydrogen-bond donors (Lipinski definition) is 2. The zero-order valence-corrected chi connectivity index (χ0v) is 16.8. The van der Waals surface area contributed by atoms with Gasteiger partial charge in [-0.15, -0.1) is 12.4 Å². The van der Waals surface area contributed by atoms with Crippen LogP contribution in [0.15, 0.2) is 29.2 Å². The van der Waals surface area contributed by atoms with E-state index in [1.54, 1.807) is 31.2 Å². The van der Waals surface area contributed by atoms with Gasteiger partial charge >= 0.3 is 0 Å². The maximum absolute atomic E-state index is 12.5. The van der Waals surface area contributed by atoms with Crippen LogP contribution in [0.4, 0.5) is 0 Å². The lowest BCUT2D eigenvalue weighted by molar-refractivity contribution is -0.122. The van der Waals surface area contributed by atoms with Gasteiger partial charge in [0.2, 0.25) is 5.91 Å². The number of hydrogen-bond acceptors (Lipinski definition) is 4. The Morgan fingerprint density at radius 2 is 1.73 bits per heavy atom. The predicted octanol–water partition coefficient (Wildman–Crippen LogP) is 2.47. The average Bonchev–Trinajstić information content (AvgIpc) is 2.56. The summed E-state index contributed by atoms with van der Waals surface area (Å²) in [5.74, 6) is 1.11.